The van der Waals surface area contributed by atoms with Gasteiger partial charge in [-0.2, -0.15) is 0 Å². The molecule has 5 aromatic carbocycles. The topological polar surface area (TPSA) is 37.4 Å². The van der Waals surface area contributed by atoms with Gasteiger partial charge in [0, 0.05) is 0 Å². The van der Waals surface area contributed by atoms with Crippen LogP contribution < -0.4 is 4.90 Å². The number of benzene rings is 5. The van der Waals surface area contributed by atoms with Crippen molar-refractivity contribution in [1.82, 2.24) is 0 Å². The number of allylic oxidation sites excluding steroid dienone is 1. The Morgan fingerprint density at radius 2 is 1.05 bits per heavy atom. The van der Waals surface area contributed by atoms with E-state index in [2.05, 4.69) is 65.6 Å². The van der Waals surface area contributed by atoms with Crippen molar-refractivity contribution in [3.63, 3.8) is 0 Å². The summed E-state index contributed by atoms with van der Waals surface area (Å²) < 4.78 is 2.22. The first-order valence-electron chi connectivity index (χ1n) is 13.0. The van der Waals surface area contributed by atoms with Crippen LogP contribution in [0, 0.1) is 0 Å². The number of para-hydroxylation sites is 2. The molecule has 184 valence electrons. The van der Waals surface area contributed by atoms with E-state index in [0.717, 1.165) is 32.4 Å². The number of hydrogen-bond acceptors (Lipinski definition) is 3. The summed E-state index contributed by atoms with van der Waals surface area (Å²) in [6, 6.07) is 37.1. The minimum atomic E-state index is -0.171. The zero-order valence-corrected chi connectivity index (χ0v) is 22.6. The third-order valence-electron chi connectivity index (χ3n) is 7.84. The van der Waals surface area contributed by atoms with Crippen molar-refractivity contribution in [2.45, 2.75) is 6.42 Å². The van der Waals surface area contributed by atoms with Crippen molar-refractivity contribution in [2.24, 2.45) is 0 Å². The Bertz CT molecular complexity index is 1930. The Labute approximate surface area is 231 Å². The number of rotatable bonds is 2. The first-order chi connectivity index (χ1) is 19.2. The molecule has 0 amide bonds. The van der Waals surface area contributed by atoms with Gasteiger partial charge in [-0.3, -0.25) is 0 Å². The van der Waals surface area contributed by atoms with Gasteiger partial charge in [0.1, 0.15) is 0 Å². The summed E-state index contributed by atoms with van der Waals surface area (Å²) in [5, 5.41) is 3.70. The predicted molar refractivity (Wildman–Crippen MR) is 159 cm³/mol. The van der Waals surface area contributed by atoms with Crippen LogP contribution in [0.25, 0.3) is 27.6 Å². The van der Waals surface area contributed by atoms with E-state index in [1.54, 1.807) is 0 Å². The summed E-state index contributed by atoms with van der Waals surface area (Å²) in [5.41, 5.74) is 6.35. The third-order valence-corrected chi connectivity index (χ3v) is 9.98. The second kappa shape index (κ2) is 8.51. The Morgan fingerprint density at radius 3 is 1.62 bits per heavy atom. The molecule has 0 fully saturated rings. The van der Waals surface area contributed by atoms with Crippen LogP contribution >= 0.6 is 0 Å². The minimum absolute atomic E-state index is 0.0654. The average Bonchev–Trinajstić information content (AvgIpc) is 3.54. The van der Waals surface area contributed by atoms with Gasteiger partial charge in [0.15, 0.2) is 0 Å². The molecule has 0 unspecified atom stereocenters. The van der Waals surface area contributed by atoms with E-state index < -0.39 is 0 Å². The molecule has 1 aliphatic carbocycles. The van der Waals surface area contributed by atoms with Crippen molar-refractivity contribution < 1.29 is 9.59 Å². The van der Waals surface area contributed by atoms with Crippen molar-refractivity contribution >= 4 is 69.6 Å². The van der Waals surface area contributed by atoms with Gasteiger partial charge < -0.3 is 0 Å². The van der Waals surface area contributed by atoms with E-state index in [-0.39, 0.29) is 31.6 Å². The quantitative estimate of drug-likeness (QED) is 0.0925. The molecule has 3 nitrogen and oxygen atoms in total. The van der Waals surface area contributed by atoms with Gasteiger partial charge in [-0.25, -0.2) is 0 Å². The fraction of sp³-hybridized carbons (Fsp3) is 0.0286. The van der Waals surface area contributed by atoms with Crippen molar-refractivity contribution in [3.05, 3.63) is 141 Å². The van der Waals surface area contributed by atoms with Crippen LogP contribution in [-0.4, -0.2) is 26.1 Å². The second-order valence-corrected chi connectivity index (χ2v) is 12.3. The van der Waals surface area contributed by atoms with Gasteiger partial charge in [-0.05, 0) is 0 Å². The average molecular weight is 567 g/mol. The molecular formula is C35H21NO2Se. The van der Waals surface area contributed by atoms with E-state index >= 15 is 0 Å². The molecule has 2 aliphatic rings. The van der Waals surface area contributed by atoms with Crippen molar-refractivity contribution in [3.8, 4) is 0 Å². The maximum atomic E-state index is 13.8. The van der Waals surface area contributed by atoms with Crippen LogP contribution in [0.2, 0.25) is 0 Å². The molecule has 0 spiro atoms. The number of hydrogen-bond donors (Lipinski definition) is 0. The molecule has 1 aliphatic heterocycles. The standard InChI is InChI=1S/C35H21NO2Se/c37-34-28(35(38)33-27-14-6-4-12-25(27)24-11-3-5-13-26(24)32(33)34)20-23-17-18-31(39-23)36-29-15-7-1-9-21(29)19-22-10-2-8-16-30(22)36/h1-18,20H,19H2. The monoisotopic (exact) mass is 567 g/mol. The SMILES string of the molecule is O=C1C(=Cc2ccc(N3c4ccccc4Cc4ccccc43)[se]2)C(=O)c2c1c1ccccc1c1ccccc21. The Kier molecular flexibility index (Phi) is 4.90. The number of fused-ring (bicyclic) bond motifs is 8. The van der Waals surface area contributed by atoms with Crippen LogP contribution in [0.15, 0.2) is 115 Å². The zero-order chi connectivity index (χ0) is 26.1. The van der Waals surface area contributed by atoms with Crippen LogP contribution in [0.5, 0.6) is 0 Å². The third kappa shape index (κ3) is 3.29. The Hall–Kier alpha value is -4.50. The molecule has 0 saturated heterocycles. The van der Waals surface area contributed by atoms with Gasteiger partial charge in [0.05, 0.1) is 0 Å². The molecule has 0 atom stereocenters. The van der Waals surface area contributed by atoms with Crippen LogP contribution in [0.4, 0.5) is 15.9 Å². The van der Waals surface area contributed by atoms with Gasteiger partial charge in [0.25, 0.3) is 0 Å². The van der Waals surface area contributed by atoms with Crippen LogP contribution in [0.3, 0.4) is 0 Å². The zero-order valence-electron chi connectivity index (χ0n) is 20.8. The van der Waals surface area contributed by atoms with Crippen molar-refractivity contribution in [1.29, 1.82) is 0 Å². The molecule has 0 radical (unpaired) electrons. The molecule has 6 aromatic rings. The number of anilines is 3. The number of nitrogens with zero attached hydrogens (tertiary/aromatic N) is 1. The molecule has 4 heteroatoms. The van der Waals surface area contributed by atoms with Gasteiger partial charge >= 0.3 is 232 Å². The predicted octanol–water partition coefficient (Wildman–Crippen LogP) is 7.89. The van der Waals surface area contributed by atoms with E-state index in [9.17, 15) is 9.59 Å². The van der Waals surface area contributed by atoms with E-state index in [1.165, 1.54) is 27.1 Å². The number of Topliss-reactive ketones (excluding diaryl/α,β-unsaturated/α-hetero) is 2. The van der Waals surface area contributed by atoms with E-state index in [4.69, 9.17) is 0 Å². The molecule has 39 heavy (non-hydrogen) atoms. The van der Waals surface area contributed by atoms with Crippen molar-refractivity contribution in [2.75, 3.05) is 4.90 Å². The fourth-order valence-electron chi connectivity index (χ4n) is 6.13. The van der Waals surface area contributed by atoms with E-state index in [1.807, 2.05) is 54.6 Å². The number of ketones is 2. The summed E-state index contributed by atoms with van der Waals surface area (Å²) in [5.74, 6) is -0.341. The summed E-state index contributed by atoms with van der Waals surface area (Å²) in [4.78, 5) is 30.0. The summed E-state index contributed by atoms with van der Waals surface area (Å²) >= 11 is -0.0654. The normalized spacial score (nSPS) is 14.1. The van der Waals surface area contributed by atoms with Gasteiger partial charge in [-0.15, -0.1) is 0 Å². The molecule has 0 N–H and O–H groups in total. The molecule has 8 rings (SSSR count). The first kappa shape index (κ1) is 22.5. The molecule has 2 heterocycles. The van der Waals surface area contributed by atoms with Gasteiger partial charge in [-0.1, -0.05) is 0 Å². The molecule has 0 bridgehead atoms. The maximum absolute atomic E-state index is 13.8. The first-order valence-corrected chi connectivity index (χ1v) is 14.7. The number of carbonyl (C=O) groups is 2. The summed E-state index contributed by atoms with van der Waals surface area (Å²) in [6.07, 6.45) is 2.76. The fourth-order valence-corrected chi connectivity index (χ4v) is 8.18. The molecule has 1 aromatic heterocycles. The van der Waals surface area contributed by atoms with Gasteiger partial charge in [0.2, 0.25) is 0 Å². The number of carbonyl (C=O) groups excluding carboxylic acids is 2. The van der Waals surface area contributed by atoms with Crippen LogP contribution in [0.1, 0.15) is 36.3 Å². The summed E-state index contributed by atoms with van der Waals surface area (Å²) in [6.45, 7) is 0. The Morgan fingerprint density at radius 1 is 0.564 bits per heavy atom. The Balaban J connectivity index is 1.26. The second-order valence-electron chi connectivity index (χ2n) is 10.0. The summed E-state index contributed by atoms with van der Waals surface area (Å²) in [7, 11) is 0. The van der Waals surface area contributed by atoms with E-state index in [0.29, 0.717) is 11.1 Å². The molecule has 0 saturated carbocycles. The molecular weight excluding hydrogens is 545 g/mol. The van der Waals surface area contributed by atoms with Crippen LogP contribution in [-0.2, 0) is 6.42 Å².